The van der Waals surface area contributed by atoms with Crippen LogP contribution in [0.4, 0.5) is 0 Å². The van der Waals surface area contributed by atoms with E-state index in [1.165, 1.54) is 18.0 Å². The summed E-state index contributed by atoms with van der Waals surface area (Å²) in [5, 5.41) is -0.154. The van der Waals surface area contributed by atoms with Crippen LogP contribution in [0.5, 0.6) is 0 Å². The molecular weight excluding hydrogens is 347 g/mol. The minimum absolute atomic E-state index is 0.0279. The highest BCUT2D eigenvalue weighted by Gasteiger charge is 2.33. The topological polar surface area (TPSA) is 105 Å². The normalized spacial score (nSPS) is 11.8. The Balaban J connectivity index is 2.61. The molecule has 11 heteroatoms. The van der Waals surface area contributed by atoms with E-state index >= 15 is 0 Å². The molecule has 0 saturated heterocycles. The van der Waals surface area contributed by atoms with Gasteiger partial charge in [-0.25, -0.2) is 9.97 Å². The van der Waals surface area contributed by atoms with Crippen molar-refractivity contribution in [3.05, 3.63) is 11.6 Å². The smallest absolute Gasteiger partial charge is 0.382 e. The van der Waals surface area contributed by atoms with E-state index in [-0.39, 0.29) is 41.6 Å². The standard InChI is InChI=1S/C12H16ClN4O5P/c1-4-21-23(19,22-5-2)11-9-10(15-12(13)16-11)17(7-14-9)6-8(18)20-3/h7H,4-6H2,1-3H3. The first-order valence-corrected chi connectivity index (χ1v) is 8.72. The number of fused-ring (bicyclic) bond motifs is 1. The van der Waals surface area contributed by atoms with Crippen molar-refractivity contribution >= 4 is 41.8 Å². The fourth-order valence-electron chi connectivity index (χ4n) is 1.91. The monoisotopic (exact) mass is 362 g/mol. The summed E-state index contributed by atoms with van der Waals surface area (Å²) < 4.78 is 29.5. The highest BCUT2D eigenvalue weighted by molar-refractivity contribution is 7.62. The molecule has 2 heterocycles. The quantitative estimate of drug-likeness (QED) is 0.415. The summed E-state index contributed by atoms with van der Waals surface area (Å²) in [7, 11) is -2.43. The number of imidazole rings is 1. The first kappa shape index (κ1) is 17.8. The summed E-state index contributed by atoms with van der Waals surface area (Å²) in [6.45, 7) is 3.56. The van der Waals surface area contributed by atoms with Crippen molar-refractivity contribution in [2.45, 2.75) is 20.4 Å². The molecule has 0 aliphatic heterocycles. The lowest BCUT2D eigenvalue weighted by Gasteiger charge is -2.16. The fourth-order valence-corrected chi connectivity index (χ4v) is 3.77. The lowest BCUT2D eigenvalue weighted by atomic mass is 10.5. The summed E-state index contributed by atoms with van der Waals surface area (Å²) in [5.41, 5.74) is 0.411. The molecule has 0 aromatic carbocycles. The third kappa shape index (κ3) is 3.69. The highest BCUT2D eigenvalue weighted by Crippen LogP contribution is 2.47. The molecule has 9 nitrogen and oxygen atoms in total. The van der Waals surface area contributed by atoms with Gasteiger partial charge in [-0.1, -0.05) is 0 Å². The second kappa shape index (κ2) is 7.35. The van der Waals surface area contributed by atoms with Gasteiger partial charge in [0.2, 0.25) is 5.28 Å². The zero-order chi connectivity index (χ0) is 17.0. The molecule has 0 unspecified atom stereocenters. The molecular formula is C12H16ClN4O5P. The van der Waals surface area contributed by atoms with Gasteiger partial charge in [0.15, 0.2) is 11.1 Å². The van der Waals surface area contributed by atoms with Crippen LogP contribution in [0.25, 0.3) is 11.2 Å². The second-order valence-corrected chi connectivity index (χ2v) is 6.54. The Morgan fingerprint density at radius 3 is 2.52 bits per heavy atom. The van der Waals surface area contributed by atoms with E-state index in [0.717, 1.165) is 0 Å². The first-order valence-electron chi connectivity index (χ1n) is 6.80. The van der Waals surface area contributed by atoms with Crippen molar-refractivity contribution in [3.8, 4) is 0 Å². The van der Waals surface area contributed by atoms with E-state index in [4.69, 9.17) is 20.6 Å². The molecule has 0 aliphatic carbocycles. The number of methoxy groups -OCH3 is 1. The molecule has 23 heavy (non-hydrogen) atoms. The molecule has 126 valence electrons. The van der Waals surface area contributed by atoms with Gasteiger partial charge in [-0.2, -0.15) is 4.98 Å². The Bertz CT molecular complexity index is 755. The maximum atomic E-state index is 12.9. The van der Waals surface area contributed by atoms with Crippen LogP contribution in [0.15, 0.2) is 6.33 Å². The van der Waals surface area contributed by atoms with Crippen molar-refractivity contribution < 1.29 is 23.1 Å². The van der Waals surface area contributed by atoms with Crippen LogP contribution in [-0.2, 0) is 29.7 Å². The van der Waals surface area contributed by atoms with Crippen LogP contribution in [0.1, 0.15) is 13.8 Å². The Labute approximate surface area is 137 Å². The molecule has 0 atom stereocenters. The van der Waals surface area contributed by atoms with Crippen LogP contribution in [0.2, 0.25) is 5.28 Å². The summed E-state index contributed by atoms with van der Waals surface area (Å²) in [6, 6.07) is 0. The number of rotatable bonds is 7. The number of esters is 1. The van der Waals surface area contributed by atoms with Crippen molar-refractivity contribution in [2.75, 3.05) is 20.3 Å². The number of carbonyl (C=O) groups is 1. The molecule has 0 bridgehead atoms. The molecule has 2 rings (SSSR count). The highest BCUT2D eigenvalue weighted by atomic mass is 35.5. The molecule has 0 amide bonds. The Morgan fingerprint density at radius 1 is 1.30 bits per heavy atom. The van der Waals surface area contributed by atoms with E-state index in [9.17, 15) is 9.36 Å². The van der Waals surface area contributed by atoms with Crippen LogP contribution < -0.4 is 5.44 Å². The lowest BCUT2D eigenvalue weighted by molar-refractivity contribution is -0.141. The van der Waals surface area contributed by atoms with Crippen molar-refractivity contribution in [3.63, 3.8) is 0 Å². The molecule has 0 saturated carbocycles. The van der Waals surface area contributed by atoms with E-state index in [2.05, 4.69) is 19.7 Å². The first-order chi connectivity index (χ1) is 10.9. The van der Waals surface area contributed by atoms with Gasteiger partial charge in [0, 0.05) is 0 Å². The fraction of sp³-hybridized carbons (Fsp3) is 0.500. The number of halogens is 1. The van der Waals surface area contributed by atoms with Gasteiger partial charge in [-0.3, -0.25) is 9.36 Å². The number of ether oxygens (including phenoxy) is 1. The summed E-state index contributed by atoms with van der Waals surface area (Å²) >= 11 is 5.92. The van der Waals surface area contributed by atoms with Crippen molar-refractivity contribution in [1.29, 1.82) is 0 Å². The van der Waals surface area contributed by atoms with Gasteiger partial charge in [0.1, 0.15) is 12.1 Å². The van der Waals surface area contributed by atoms with Gasteiger partial charge >= 0.3 is 13.6 Å². The lowest BCUT2D eigenvalue weighted by Crippen LogP contribution is -2.18. The minimum Gasteiger partial charge on any atom is -0.468 e. The predicted octanol–water partition coefficient (Wildman–Crippen LogP) is 1.54. The largest absolute Gasteiger partial charge is 0.468 e. The zero-order valence-electron chi connectivity index (χ0n) is 12.9. The number of nitrogens with zero attached hydrogens (tertiary/aromatic N) is 4. The van der Waals surface area contributed by atoms with Gasteiger partial charge < -0.3 is 18.4 Å². The average Bonchev–Trinajstić information content (AvgIpc) is 2.89. The molecule has 2 aromatic rings. The molecule has 0 spiro atoms. The second-order valence-electron chi connectivity index (χ2n) is 4.27. The van der Waals surface area contributed by atoms with E-state index < -0.39 is 13.6 Å². The molecule has 0 radical (unpaired) electrons. The molecule has 0 N–H and O–H groups in total. The average molecular weight is 363 g/mol. The Hall–Kier alpha value is -1.54. The van der Waals surface area contributed by atoms with E-state index in [1.54, 1.807) is 13.8 Å². The number of hydrogen-bond acceptors (Lipinski definition) is 8. The maximum Gasteiger partial charge on any atom is 0.382 e. The Kier molecular flexibility index (Phi) is 5.69. The number of carbonyl (C=O) groups excluding carboxylic acids is 1. The predicted molar refractivity (Wildman–Crippen MR) is 82.8 cm³/mol. The third-order valence-corrected chi connectivity index (χ3v) is 5.00. The number of hydrogen-bond donors (Lipinski definition) is 0. The van der Waals surface area contributed by atoms with Gasteiger partial charge in [0.25, 0.3) is 0 Å². The Morgan fingerprint density at radius 2 is 1.96 bits per heavy atom. The summed E-state index contributed by atoms with van der Waals surface area (Å²) in [4.78, 5) is 23.6. The molecule has 0 aliphatic rings. The van der Waals surface area contributed by atoms with Crippen LogP contribution in [0, 0.1) is 0 Å². The van der Waals surface area contributed by atoms with Crippen molar-refractivity contribution in [1.82, 2.24) is 19.5 Å². The molecule has 0 fully saturated rings. The zero-order valence-corrected chi connectivity index (χ0v) is 14.5. The minimum atomic E-state index is -3.70. The van der Waals surface area contributed by atoms with Crippen molar-refractivity contribution in [2.24, 2.45) is 0 Å². The third-order valence-electron chi connectivity index (χ3n) is 2.80. The molecule has 2 aromatic heterocycles. The SMILES string of the molecule is CCOP(=O)(OCC)c1nc(Cl)nc2c1ncn2CC(=O)OC. The van der Waals surface area contributed by atoms with Gasteiger partial charge in [-0.15, -0.1) is 0 Å². The van der Waals surface area contributed by atoms with Crippen LogP contribution in [-0.4, -0.2) is 45.8 Å². The van der Waals surface area contributed by atoms with Crippen LogP contribution >= 0.6 is 19.2 Å². The van der Waals surface area contributed by atoms with Gasteiger partial charge in [-0.05, 0) is 25.4 Å². The number of aromatic nitrogens is 4. The summed E-state index contributed by atoms with van der Waals surface area (Å²) in [5.74, 6) is -0.488. The summed E-state index contributed by atoms with van der Waals surface area (Å²) in [6.07, 6.45) is 1.36. The van der Waals surface area contributed by atoms with E-state index in [0.29, 0.717) is 0 Å². The van der Waals surface area contributed by atoms with Gasteiger partial charge in [0.05, 0.1) is 26.7 Å². The maximum absolute atomic E-state index is 12.9. The van der Waals surface area contributed by atoms with E-state index in [1.807, 2.05) is 0 Å². The van der Waals surface area contributed by atoms with Crippen LogP contribution in [0.3, 0.4) is 0 Å².